The highest BCUT2D eigenvalue weighted by Crippen LogP contribution is 2.30. The zero-order valence-electron chi connectivity index (χ0n) is 10.1. The number of piperidine rings is 1. The Hall–Kier alpha value is -0.340. The lowest BCUT2D eigenvalue weighted by Gasteiger charge is -2.39. The van der Waals surface area contributed by atoms with E-state index in [2.05, 4.69) is 36.7 Å². The third-order valence-electron chi connectivity index (χ3n) is 4.15. The van der Waals surface area contributed by atoms with Crippen molar-refractivity contribution in [2.45, 2.75) is 63.7 Å². The molecule has 0 aromatic heterocycles. The van der Waals surface area contributed by atoms with Crippen molar-refractivity contribution in [1.29, 1.82) is 0 Å². The van der Waals surface area contributed by atoms with E-state index in [1.807, 2.05) is 0 Å². The lowest BCUT2D eigenvalue weighted by Crippen LogP contribution is -2.50. The van der Waals surface area contributed by atoms with Crippen LogP contribution in [0, 0.1) is 0 Å². The lowest BCUT2D eigenvalue weighted by atomic mass is 9.97. The molecule has 2 rings (SSSR count). The Bertz CT molecular complexity index is 215. The van der Waals surface area contributed by atoms with E-state index in [0.29, 0.717) is 6.04 Å². The van der Waals surface area contributed by atoms with Gasteiger partial charge < -0.3 is 5.32 Å². The van der Waals surface area contributed by atoms with Crippen molar-refractivity contribution in [1.82, 2.24) is 10.2 Å². The highest BCUT2D eigenvalue weighted by atomic mass is 15.2. The van der Waals surface area contributed by atoms with Crippen molar-refractivity contribution in [2.75, 3.05) is 6.54 Å². The zero-order valence-corrected chi connectivity index (χ0v) is 10.1. The van der Waals surface area contributed by atoms with Gasteiger partial charge in [-0.2, -0.15) is 0 Å². The van der Waals surface area contributed by atoms with E-state index in [9.17, 15) is 0 Å². The van der Waals surface area contributed by atoms with Gasteiger partial charge in [-0.25, -0.2) is 0 Å². The second kappa shape index (κ2) is 4.67. The van der Waals surface area contributed by atoms with Crippen molar-refractivity contribution < 1.29 is 0 Å². The van der Waals surface area contributed by atoms with E-state index in [-0.39, 0.29) is 0 Å². The molecule has 2 heteroatoms. The molecule has 2 heterocycles. The third kappa shape index (κ3) is 2.26. The van der Waals surface area contributed by atoms with Crippen LogP contribution in [0.3, 0.4) is 0 Å². The summed E-state index contributed by atoms with van der Waals surface area (Å²) < 4.78 is 0. The van der Waals surface area contributed by atoms with Crippen molar-refractivity contribution in [3.63, 3.8) is 0 Å². The summed E-state index contributed by atoms with van der Waals surface area (Å²) in [5, 5.41) is 3.70. The average molecular weight is 208 g/mol. The molecule has 0 spiro atoms. The molecular formula is C13H24N2. The van der Waals surface area contributed by atoms with E-state index in [1.54, 1.807) is 0 Å². The van der Waals surface area contributed by atoms with Crippen LogP contribution in [0.5, 0.6) is 0 Å². The van der Waals surface area contributed by atoms with Crippen LogP contribution in [0.4, 0.5) is 0 Å². The minimum atomic E-state index is 0.525. The lowest BCUT2D eigenvalue weighted by molar-refractivity contribution is 0.127. The topological polar surface area (TPSA) is 15.3 Å². The molecule has 0 aliphatic carbocycles. The molecule has 0 aromatic rings. The Morgan fingerprint density at radius 3 is 2.47 bits per heavy atom. The predicted molar refractivity (Wildman–Crippen MR) is 65.0 cm³/mol. The molecule has 0 radical (unpaired) electrons. The van der Waals surface area contributed by atoms with E-state index >= 15 is 0 Å². The number of rotatable bonds is 4. The largest absolute Gasteiger partial charge is 0.311 e. The Kier molecular flexibility index (Phi) is 3.47. The van der Waals surface area contributed by atoms with Gasteiger partial charge in [0.1, 0.15) is 0 Å². The van der Waals surface area contributed by atoms with Gasteiger partial charge in [-0.15, -0.1) is 6.58 Å². The van der Waals surface area contributed by atoms with Crippen molar-refractivity contribution in [2.24, 2.45) is 0 Å². The summed E-state index contributed by atoms with van der Waals surface area (Å²) in [6.45, 7) is 9.60. The normalized spacial score (nSPS) is 36.9. The molecule has 3 unspecified atom stereocenters. The molecule has 1 N–H and O–H groups in total. The van der Waals surface area contributed by atoms with Crippen molar-refractivity contribution in [3.05, 3.63) is 12.7 Å². The maximum atomic E-state index is 3.92. The minimum absolute atomic E-state index is 0.525. The van der Waals surface area contributed by atoms with Crippen LogP contribution in [0.25, 0.3) is 0 Å². The SMILES string of the molecule is C=CC(C)N(CC)C1CC2CCC(C1)N2. The summed E-state index contributed by atoms with van der Waals surface area (Å²) in [5.74, 6) is 0. The molecule has 86 valence electrons. The molecule has 2 saturated heterocycles. The standard InChI is InChI=1S/C13H24N2/c1-4-10(3)15(5-2)13-8-11-6-7-12(9-13)14-11/h4,10-14H,1,5-9H2,2-3H3. The maximum absolute atomic E-state index is 3.92. The van der Waals surface area contributed by atoms with Gasteiger partial charge >= 0.3 is 0 Å². The van der Waals surface area contributed by atoms with E-state index in [0.717, 1.165) is 24.7 Å². The van der Waals surface area contributed by atoms with Crippen LogP contribution in [-0.2, 0) is 0 Å². The molecule has 0 saturated carbocycles. The van der Waals surface area contributed by atoms with E-state index in [4.69, 9.17) is 0 Å². The first-order valence-corrected chi connectivity index (χ1v) is 6.39. The Morgan fingerprint density at radius 2 is 2.00 bits per heavy atom. The van der Waals surface area contributed by atoms with Gasteiger partial charge in [-0.3, -0.25) is 4.90 Å². The van der Waals surface area contributed by atoms with Crippen molar-refractivity contribution in [3.8, 4) is 0 Å². The van der Waals surface area contributed by atoms with Crippen LogP contribution in [0.1, 0.15) is 39.5 Å². The van der Waals surface area contributed by atoms with E-state index in [1.165, 1.54) is 25.7 Å². The Labute approximate surface area is 93.7 Å². The van der Waals surface area contributed by atoms with Crippen LogP contribution >= 0.6 is 0 Å². The number of nitrogens with one attached hydrogen (secondary N) is 1. The molecule has 2 aliphatic heterocycles. The first-order chi connectivity index (χ1) is 7.24. The fourth-order valence-corrected chi connectivity index (χ4v) is 3.31. The van der Waals surface area contributed by atoms with Gasteiger partial charge in [0.05, 0.1) is 0 Å². The smallest absolute Gasteiger partial charge is 0.0250 e. The van der Waals surface area contributed by atoms with Gasteiger partial charge in [-0.05, 0) is 39.2 Å². The molecule has 2 nitrogen and oxygen atoms in total. The van der Waals surface area contributed by atoms with Gasteiger partial charge in [-0.1, -0.05) is 13.0 Å². The molecule has 2 fully saturated rings. The summed E-state index contributed by atoms with van der Waals surface area (Å²) in [7, 11) is 0. The Morgan fingerprint density at radius 1 is 1.40 bits per heavy atom. The summed E-state index contributed by atoms with van der Waals surface area (Å²) in [4.78, 5) is 2.61. The summed E-state index contributed by atoms with van der Waals surface area (Å²) in [6.07, 6.45) is 7.53. The molecular weight excluding hydrogens is 184 g/mol. The maximum Gasteiger partial charge on any atom is 0.0250 e. The van der Waals surface area contributed by atoms with Crippen LogP contribution in [-0.4, -0.2) is 35.6 Å². The zero-order chi connectivity index (χ0) is 10.8. The predicted octanol–water partition coefficient (Wildman–Crippen LogP) is 2.17. The summed E-state index contributed by atoms with van der Waals surface area (Å²) in [5.41, 5.74) is 0. The molecule has 15 heavy (non-hydrogen) atoms. The molecule has 3 atom stereocenters. The summed E-state index contributed by atoms with van der Waals surface area (Å²) in [6, 6.07) is 2.89. The van der Waals surface area contributed by atoms with Crippen LogP contribution < -0.4 is 5.32 Å². The van der Waals surface area contributed by atoms with Gasteiger partial charge in [0.15, 0.2) is 0 Å². The fourth-order valence-electron chi connectivity index (χ4n) is 3.31. The summed E-state index contributed by atoms with van der Waals surface area (Å²) >= 11 is 0. The average Bonchev–Trinajstić information content (AvgIpc) is 2.59. The Balaban J connectivity index is 1.99. The molecule has 2 bridgehead atoms. The van der Waals surface area contributed by atoms with Gasteiger partial charge in [0, 0.05) is 24.2 Å². The van der Waals surface area contributed by atoms with Crippen molar-refractivity contribution >= 4 is 0 Å². The highest BCUT2D eigenvalue weighted by molar-refractivity contribution is 4.98. The number of hydrogen-bond donors (Lipinski definition) is 1. The van der Waals surface area contributed by atoms with Crippen LogP contribution in [0.2, 0.25) is 0 Å². The minimum Gasteiger partial charge on any atom is -0.311 e. The number of nitrogens with zero attached hydrogens (tertiary/aromatic N) is 1. The second-order valence-electron chi connectivity index (χ2n) is 5.07. The van der Waals surface area contributed by atoms with Crippen LogP contribution in [0.15, 0.2) is 12.7 Å². The number of fused-ring (bicyclic) bond motifs is 2. The molecule has 2 aliphatic rings. The number of hydrogen-bond acceptors (Lipinski definition) is 2. The van der Waals surface area contributed by atoms with Gasteiger partial charge in [0.2, 0.25) is 0 Å². The number of likely N-dealkylation sites (N-methyl/N-ethyl adjacent to an activating group) is 1. The quantitative estimate of drug-likeness (QED) is 0.712. The first-order valence-electron chi connectivity index (χ1n) is 6.39. The third-order valence-corrected chi connectivity index (χ3v) is 4.15. The monoisotopic (exact) mass is 208 g/mol. The second-order valence-corrected chi connectivity index (χ2v) is 5.07. The molecule has 0 amide bonds. The fraction of sp³-hybridized carbons (Fsp3) is 0.846. The van der Waals surface area contributed by atoms with Gasteiger partial charge in [0.25, 0.3) is 0 Å². The highest BCUT2D eigenvalue weighted by Gasteiger charge is 2.36. The van der Waals surface area contributed by atoms with E-state index < -0.39 is 0 Å². The molecule has 0 aromatic carbocycles. The first kappa shape index (κ1) is 11.2.